The van der Waals surface area contributed by atoms with Crippen LogP contribution in [0.1, 0.15) is 39.0 Å². The molecule has 0 aliphatic heterocycles. The van der Waals surface area contributed by atoms with Crippen LogP contribution < -0.4 is 4.74 Å². The summed E-state index contributed by atoms with van der Waals surface area (Å²) in [6.07, 6.45) is 0.660. The zero-order valence-corrected chi connectivity index (χ0v) is 12.0. The Morgan fingerprint density at radius 3 is 2.62 bits per heavy atom. The summed E-state index contributed by atoms with van der Waals surface area (Å²) in [6, 6.07) is 9.58. The fraction of sp³-hybridized carbons (Fsp3) is 0.250. The van der Waals surface area contributed by atoms with Gasteiger partial charge in [0.05, 0.1) is 12.3 Å². The molecular formula is C16H17NO4. The Bertz CT molecular complexity index is 631. The summed E-state index contributed by atoms with van der Waals surface area (Å²) in [5, 5.41) is 0. The van der Waals surface area contributed by atoms with Crippen molar-refractivity contribution in [1.82, 2.24) is 4.98 Å². The van der Waals surface area contributed by atoms with Gasteiger partial charge < -0.3 is 14.5 Å². The Hall–Kier alpha value is -2.56. The first-order valence-electron chi connectivity index (χ1n) is 6.69. The SMILES string of the molecule is CCOC(=O)c1[nH]c(C=O)c(C)c1OCc1ccccc1. The van der Waals surface area contributed by atoms with E-state index in [2.05, 4.69) is 4.98 Å². The minimum atomic E-state index is -0.531. The van der Waals surface area contributed by atoms with Crippen molar-refractivity contribution in [2.24, 2.45) is 0 Å². The quantitative estimate of drug-likeness (QED) is 0.655. The van der Waals surface area contributed by atoms with Crippen molar-refractivity contribution in [2.75, 3.05) is 6.61 Å². The smallest absolute Gasteiger partial charge is 0.358 e. The third-order valence-corrected chi connectivity index (χ3v) is 3.05. The Kier molecular flexibility index (Phi) is 4.77. The van der Waals surface area contributed by atoms with Crippen molar-refractivity contribution in [3.8, 4) is 5.75 Å². The first kappa shape index (κ1) is 14.8. The molecule has 1 aromatic heterocycles. The lowest BCUT2D eigenvalue weighted by Crippen LogP contribution is -2.08. The standard InChI is InChI=1S/C16H17NO4/c1-3-20-16(19)14-15(11(2)13(9-18)17-14)21-10-12-7-5-4-6-8-12/h4-9,17H,3,10H2,1-2H3. The summed E-state index contributed by atoms with van der Waals surface area (Å²) < 4.78 is 10.7. The number of carbonyl (C=O) groups excluding carboxylic acids is 2. The number of ether oxygens (including phenoxy) is 2. The average molecular weight is 287 g/mol. The molecular weight excluding hydrogens is 270 g/mol. The van der Waals surface area contributed by atoms with Crippen molar-refractivity contribution < 1.29 is 19.1 Å². The number of nitrogens with one attached hydrogen (secondary N) is 1. The summed E-state index contributed by atoms with van der Waals surface area (Å²) in [5.74, 6) is -0.170. The lowest BCUT2D eigenvalue weighted by Gasteiger charge is -2.08. The molecule has 110 valence electrons. The highest BCUT2D eigenvalue weighted by Crippen LogP contribution is 2.27. The van der Waals surface area contributed by atoms with Crippen molar-refractivity contribution >= 4 is 12.3 Å². The fourth-order valence-electron chi connectivity index (χ4n) is 1.97. The number of H-pyrrole nitrogens is 1. The Morgan fingerprint density at radius 2 is 2.00 bits per heavy atom. The van der Waals surface area contributed by atoms with Crippen molar-refractivity contribution in [3.63, 3.8) is 0 Å². The summed E-state index contributed by atoms with van der Waals surface area (Å²) >= 11 is 0. The van der Waals surface area contributed by atoms with Gasteiger partial charge in [0, 0.05) is 5.56 Å². The second kappa shape index (κ2) is 6.74. The highest BCUT2D eigenvalue weighted by atomic mass is 16.5. The molecule has 0 fully saturated rings. The van der Waals surface area contributed by atoms with Gasteiger partial charge in [-0.25, -0.2) is 4.79 Å². The van der Waals surface area contributed by atoms with Gasteiger partial charge in [-0.15, -0.1) is 0 Å². The average Bonchev–Trinajstić information content (AvgIpc) is 2.83. The molecule has 0 radical (unpaired) electrons. The third kappa shape index (κ3) is 3.31. The van der Waals surface area contributed by atoms with Gasteiger partial charge in [-0.2, -0.15) is 0 Å². The Morgan fingerprint density at radius 1 is 1.29 bits per heavy atom. The van der Waals surface area contributed by atoms with Gasteiger partial charge in [0.25, 0.3) is 0 Å². The lowest BCUT2D eigenvalue weighted by molar-refractivity contribution is 0.0515. The normalized spacial score (nSPS) is 10.2. The highest BCUT2D eigenvalue weighted by Gasteiger charge is 2.22. The van der Waals surface area contributed by atoms with Crippen LogP contribution in [0.15, 0.2) is 30.3 Å². The van der Waals surface area contributed by atoms with E-state index in [9.17, 15) is 9.59 Å². The number of aromatic amines is 1. The van der Waals surface area contributed by atoms with Crippen LogP contribution in [0.4, 0.5) is 0 Å². The number of rotatable bonds is 6. The predicted octanol–water partition coefficient (Wildman–Crippen LogP) is 2.89. The van der Waals surface area contributed by atoms with E-state index in [1.807, 2.05) is 30.3 Å². The second-order valence-corrected chi connectivity index (χ2v) is 4.48. The van der Waals surface area contributed by atoms with Crippen LogP contribution in [0, 0.1) is 6.92 Å². The predicted molar refractivity (Wildman–Crippen MR) is 77.6 cm³/mol. The molecule has 1 heterocycles. The first-order chi connectivity index (χ1) is 10.2. The van der Waals surface area contributed by atoms with E-state index in [4.69, 9.17) is 9.47 Å². The van der Waals surface area contributed by atoms with Crippen LogP contribution in [0.25, 0.3) is 0 Å². The molecule has 5 heteroatoms. The van der Waals surface area contributed by atoms with Gasteiger partial charge in [-0.3, -0.25) is 4.79 Å². The summed E-state index contributed by atoms with van der Waals surface area (Å²) in [7, 11) is 0. The molecule has 1 N–H and O–H groups in total. The van der Waals surface area contributed by atoms with Crippen LogP contribution in [0.3, 0.4) is 0 Å². The molecule has 0 spiro atoms. The number of carbonyl (C=O) groups is 2. The highest BCUT2D eigenvalue weighted by molar-refractivity contribution is 5.94. The van der Waals surface area contributed by atoms with E-state index >= 15 is 0 Å². The maximum absolute atomic E-state index is 11.9. The monoisotopic (exact) mass is 287 g/mol. The van der Waals surface area contributed by atoms with E-state index in [1.54, 1.807) is 13.8 Å². The number of aldehydes is 1. The molecule has 5 nitrogen and oxygen atoms in total. The van der Waals surface area contributed by atoms with Gasteiger partial charge in [0.1, 0.15) is 6.61 Å². The number of hydrogen-bond acceptors (Lipinski definition) is 4. The van der Waals surface area contributed by atoms with E-state index in [1.165, 1.54) is 0 Å². The second-order valence-electron chi connectivity index (χ2n) is 4.48. The molecule has 0 amide bonds. The molecule has 0 aliphatic carbocycles. The molecule has 0 unspecified atom stereocenters. The third-order valence-electron chi connectivity index (χ3n) is 3.05. The molecule has 2 rings (SSSR count). The Labute approximate surface area is 122 Å². The number of aromatic nitrogens is 1. The van der Waals surface area contributed by atoms with Gasteiger partial charge >= 0.3 is 5.97 Å². The van der Waals surface area contributed by atoms with Crippen LogP contribution in [0.2, 0.25) is 0 Å². The van der Waals surface area contributed by atoms with Gasteiger partial charge in [0.2, 0.25) is 0 Å². The molecule has 21 heavy (non-hydrogen) atoms. The topological polar surface area (TPSA) is 68.4 Å². The Balaban J connectivity index is 2.26. The minimum absolute atomic E-state index is 0.174. The van der Waals surface area contributed by atoms with Crippen LogP contribution in [0.5, 0.6) is 5.75 Å². The zero-order chi connectivity index (χ0) is 15.2. The largest absolute Gasteiger partial charge is 0.486 e. The summed E-state index contributed by atoms with van der Waals surface area (Å²) in [5.41, 5.74) is 2.07. The van der Waals surface area contributed by atoms with Gasteiger partial charge in [-0.05, 0) is 19.4 Å². The first-order valence-corrected chi connectivity index (χ1v) is 6.69. The van der Waals surface area contributed by atoms with Crippen molar-refractivity contribution in [1.29, 1.82) is 0 Å². The summed E-state index contributed by atoms with van der Waals surface area (Å²) in [6.45, 7) is 4.01. The molecule has 2 aromatic rings. The number of benzene rings is 1. The van der Waals surface area contributed by atoms with Crippen LogP contribution in [-0.4, -0.2) is 23.8 Å². The summed E-state index contributed by atoms with van der Waals surface area (Å²) in [4.78, 5) is 25.7. The van der Waals surface area contributed by atoms with E-state index < -0.39 is 5.97 Å². The molecule has 0 saturated heterocycles. The van der Waals surface area contributed by atoms with Crippen molar-refractivity contribution in [3.05, 3.63) is 52.8 Å². The van der Waals surface area contributed by atoms with Gasteiger partial charge in [-0.1, -0.05) is 30.3 Å². The molecule has 0 saturated carbocycles. The molecule has 0 atom stereocenters. The van der Waals surface area contributed by atoms with Crippen molar-refractivity contribution in [2.45, 2.75) is 20.5 Å². The molecule has 1 aromatic carbocycles. The number of esters is 1. The number of hydrogen-bond donors (Lipinski definition) is 1. The van der Waals surface area contributed by atoms with E-state index in [0.717, 1.165) is 5.56 Å². The van der Waals surface area contributed by atoms with Crippen LogP contribution in [-0.2, 0) is 11.3 Å². The maximum Gasteiger partial charge on any atom is 0.358 e. The van der Waals surface area contributed by atoms with E-state index in [-0.39, 0.29) is 12.3 Å². The minimum Gasteiger partial charge on any atom is -0.486 e. The van der Waals surface area contributed by atoms with Gasteiger partial charge in [0.15, 0.2) is 17.7 Å². The van der Waals surface area contributed by atoms with E-state index in [0.29, 0.717) is 29.9 Å². The molecule has 0 bridgehead atoms. The lowest BCUT2D eigenvalue weighted by atomic mass is 10.2. The maximum atomic E-state index is 11.9. The fourth-order valence-corrected chi connectivity index (χ4v) is 1.97. The zero-order valence-electron chi connectivity index (χ0n) is 12.0. The molecule has 0 aliphatic rings. The van der Waals surface area contributed by atoms with Crippen LogP contribution >= 0.6 is 0 Å².